The summed E-state index contributed by atoms with van der Waals surface area (Å²) in [6, 6.07) is 7.28. The van der Waals surface area contributed by atoms with Crippen LogP contribution in [-0.2, 0) is 16.1 Å². The van der Waals surface area contributed by atoms with Gasteiger partial charge in [-0.15, -0.1) is 0 Å². The number of hydrogen-bond acceptors (Lipinski definition) is 3. The topological polar surface area (TPSA) is 52.3 Å². The van der Waals surface area contributed by atoms with Gasteiger partial charge in [0.2, 0.25) is 0 Å². The molecule has 0 aromatic heterocycles. The highest BCUT2D eigenvalue weighted by atomic mass is 35.5. The van der Waals surface area contributed by atoms with Crippen molar-refractivity contribution in [3.63, 3.8) is 0 Å². The number of ether oxygens (including phenoxy) is 1. The van der Waals surface area contributed by atoms with Crippen LogP contribution >= 0.6 is 11.6 Å². The van der Waals surface area contributed by atoms with E-state index in [1.807, 2.05) is 32.0 Å². The average Bonchev–Trinajstić information content (AvgIpc) is 2.26. The molecule has 3 nitrogen and oxygen atoms in total. The van der Waals surface area contributed by atoms with Crippen LogP contribution in [0.5, 0.6) is 0 Å². The second-order valence-electron chi connectivity index (χ2n) is 5.51. The molecule has 1 rings (SSSR count). The maximum Gasteiger partial charge on any atom is 0.313 e. The number of esters is 1. The molecule has 100 valence electrons. The SMILES string of the molecule is CC(C)(N)C(C)(C)C(=O)OCc1ccccc1Cl. The van der Waals surface area contributed by atoms with E-state index in [0.717, 1.165) is 5.56 Å². The Morgan fingerprint density at radius 1 is 1.28 bits per heavy atom. The van der Waals surface area contributed by atoms with Crippen molar-refractivity contribution in [2.45, 2.75) is 39.8 Å². The largest absolute Gasteiger partial charge is 0.460 e. The van der Waals surface area contributed by atoms with Gasteiger partial charge in [-0.1, -0.05) is 29.8 Å². The molecule has 0 saturated carbocycles. The summed E-state index contributed by atoms with van der Waals surface area (Å²) in [6.07, 6.45) is 0. The van der Waals surface area contributed by atoms with Crippen molar-refractivity contribution < 1.29 is 9.53 Å². The zero-order chi connectivity index (χ0) is 14.0. The zero-order valence-electron chi connectivity index (χ0n) is 11.3. The number of halogens is 1. The molecular weight excluding hydrogens is 250 g/mol. The lowest BCUT2D eigenvalue weighted by Gasteiger charge is -2.35. The van der Waals surface area contributed by atoms with E-state index in [2.05, 4.69) is 0 Å². The van der Waals surface area contributed by atoms with Crippen LogP contribution in [-0.4, -0.2) is 11.5 Å². The van der Waals surface area contributed by atoms with Gasteiger partial charge in [0.15, 0.2) is 0 Å². The molecule has 0 fully saturated rings. The van der Waals surface area contributed by atoms with Gasteiger partial charge in [0.05, 0.1) is 5.41 Å². The van der Waals surface area contributed by atoms with Gasteiger partial charge in [-0.25, -0.2) is 0 Å². The molecule has 0 saturated heterocycles. The van der Waals surface area contributed by atoms with Gasteiger partial charge in [-0.2, -0.15) is 0 Å². The molecule has 2 N–H and O–H groups in total. The first kappa shape index (κ1) is 15.0. The van der Waals surface area contributed by atoms with Gasteiger partial charge < -0.3 is 10.5 Å². The van der Waals surface area contributed by atoms with E-state index < -0.39 is 11.0 Å². The molecule has 4 heteroatoms. The maximum absolute atomic E-state index is 12.1. The smallest absolute Gasteiger partial charge is 0.313 e. The molecule has 0 aliphatic heterocycles. The summed E-state index contributed by atoms with van der Waals surface area (Å²) in [4.78, 5) is 12.1. The highest BCUT2D eigenvalue weighted by Crippen LogP contribution is 2.30. The van der Waals surface area contributed by atoms with Crippen molar-refractivity contribution in [1.82, 2.24) is 0 Å². The van der Waals surface area contributed by atoms with E-state index in [-0.39, 0.29) is 12.6 Å². The second-order valence-corrected chi connectivity index (χ2v) is 5.92. The predicted molar refractivity (Wildman–Crippen MR) is 73.3 cm³/mol. The Labute approximate surface area is 113 Å². The Morgan fingerprint density at radius 2 is 1.83 bits per heavy atom. The predicted octanol–water partition coefficient (Wildman–Crippen LogP) is 3.15. The molecule has 0 amide bonds. The summed E-state index contributed by atoms with van der Waals surface area (Å²) in [5.41, 5.74) is 5.37. The molecule has 0 spiro atoms. The number of carbonyl (C=O) groups excluding carboxylic acids is 1. The van der Waals surface area contributed by atoms with Gasteiger partial charge in [0.25, 0.3) is 0 Å². The lowest BCUT2D eigenvalue weighted by molar-refractivity contribution is -0.158. The Hall–Kier alpha value is -1.06. The minimum Gasteiger partial charge on any atom is -0.460 e. The summed E-state index contributed by atoms with van der Waals surface area (Å²) in [5, 5.41) is 0.593. The first-order valence-corrected chi connectivity index (χ1v) is 6.23. The molecule has 0 aliphatic carbocycles. The van der Waals surface area contributed by atoms with Crippen molar-refractivity contribution in [1.29, 1.82) is 0 Å². The lowest BCUT2D eigenvalue weighted by Crippen LogP contribution is -2.52. The van der Waals surface area contributed by atoms with Crippen LogP contribution < -0.4 is 5.73 Å². The fourth-order valence-corrected chi connectivity index (χ4v) is 1.39. The number of hydrogen-bond donors (Lipinski definition) is 1. The third kappa shape index (κ3) is 3.24. The first-order valence-electron chi connectivity index (χ1n) is 5.86. The van der Waals surface area contributed by atoms with E-state index in [9.17, 15) is 4.79 Å². The molecule has 18 heavy (non-hydrogen) atoms. The normalized spacial score (nSPS) is 12.3. The van der Waals surface area contributed by atoms with Crippen LogP contribution in [0, 0.1) is 5.41 Å². The van der Waals surface area contributed by atoms with Gasteiger partial charge in [-0.05, 0) is 33.8 Å². The summed E-state index contributed by atoms with van der Waals surface area (Å²) in [5.74, 6) is -0.324. The Balaban J connectivity index is 2.71. The van der Waals surface area contributed by atoms with E-state index in [4.69, 9.17) is 22.1 Å². The molecule has 0 heterocycles. The van der Waals surface area contributed by atoms with E-state index in [0.29, 0.717) is 5.02 Å². The van der Waals surface area contributed by atoms with E-state index in [1.54, 1.807) is 19.9 Å². The minimum absolute atomic E-state index is 0.165. The number of benzene rings is 1. The summed E-state index contributed by atoms with van der Waals surface area (Å²) >= 11 is 6.00. The molecule has 1 aromatic carbocycles. The molecule has 0 aliphatic rings. The third-order valence-corrected chi connectivity index (χ3v) is 3.81. The standard InChI is InChI=1S/C14H20ClNO2/c1-13(2,14(3,4)16)12(17)18-9-10-7-5-6-8-11(10)15/h5-8H,9,16H2,1-4H3. The highest BCUT2D eigenvalue weighted by molar-refractivity contribution is 6.31. The molecule has 0 atom stereocenters. The lowest BCUT2D eigenvalue weighted by atomic mass is 9.75. The summed E-state index contributed by atoms with van der Waals surface area (Å²) < 4.78 is 5.30. The van der Waals surface area contributed by atoms with Gasteiger partial charge >= 0.3 is 5.97 Å². The third-order valence-electron chi connectivity index (χ3n) is 3.44. The quantitative estimate of drug-likeness (QED) is 0.855. The van der Waals surface area contributed by atoms with Crippen molar-refractivity contribution in [2.24, 2.45) is 11.1 Å². The van der Waals surface area contributed by atoms with Crippen LogP contribution in [0.25, 0.3) is 0 Å². The van der Waals surface area contributed by atoms with E-state index >= 15 is 0 Å². The maximum atomic E-state index is 12.1. The first-order chi connectivity index (χ1) is 8.16. The Kier molecular flexibility index (Phi) is 4.41. The summed E-state index contributed by atoms with van der Waals surface area (Å²) in [7, 11) is 0. The van der Waals surface area contributed by atoms with Crippen LogP contribution in [0.15, 0.2) is 24.3 Å². The van der Waals surface area contributed by atoms with Crippen molar-refractivity contribution >= 4 is 17.6 Å². The molecule has 1 aromatic rings. The Bertz CT molecular complexity index is 436. The average molecular weight is 270 g/mol. The number of carbonyl (C=O) groups is 1. The zero-order valence-corrected chi connectivity index (χ0v) is 12.0. The van der Waals surface area contributed by atoms with Crippen LogP contribution in [0.4, 0.5) is 0 Å². The van der Waals surface area contributed by atoms with Gasteiger partial charge in [-0.3, -0.25) is 4.79 Å². The molecule has 0 unspecified atom stereocenters. The van der Waals surface area contributed by atoms with Gasteiger partial charge in [0, 0.05) is 16.1 Å². The van der Waals surface area contributed by atoms with Crippen LogP contribution in [0.2, 0.25) is 5.02 Å². The Morgan fingerprint density at radius 3 is 2.33 bits per heavy atom. The van der Waals surface area contributed by atoms with Gasteiger partial charge in [0.1, 0.15) is 6.61 Å². The molecule has 0 bridgehead atoms. The van der Waals surface area contributed by atoms with Crippen molar-refractivity contribution in [3.05, 3.63) is 34.9 Å². The van der Waals surface area contributed by atoms with E-state index in [1.165, 1.54) is 0 Å². The fourth-order valence-electron chi connectivity index (χ4n) is 1.20. The number of rotatable bonds is 4. The molecule has 0 radical (unpaired) electrons. The number of nitrogens with two attached hydrogens (primary N) is 1. The van der Waals surface area contributed by atoms with Crippen LogP contribution in [0.1, 0.15) is 33.3 Å². The second kappa shape index (κ2) is 5.29. The van der Waals surface area contributed by atoms with Crippen molar-refractivity contribution in [2.75, 3.05) is 0 Å². The monoisotopic (exact) mass is 269 g/mol. The molecular formula is C14H20ClNO2. The van der Waals surface area contributed by atoms with Crippen LogP contribution in [0.3, 0.4) is 0 Å². The summed E-state index contributed by atoms with van der Waals surface area (Å²) in [6.45, 7) is 7.34. The minimum atomic E-state index is -0.756. The fraction of sp³-hybridized carbons (Fsp3) is 0.500. The highest BCUT2D eigenvalue weighted by Gasteiger charge is 2.41. The van der Waals surface area contributed by atoms with Crippen molar-refractivity contribution in [3.8, 4) is 0 Å².